The average Bonchev–Trinajstić information content (AvgIpc) is 2.66. The van der Waals surface area contributed by atoms with Gasteiger partial charge in [-0.2, -0.15) is 0 Å². The highest BCUT2D eigenvalue weighted by molar-refractivity contribution is 6.39. The predicted molar refractivity (Wildman–Crippen MR) is 93.4 cm³/mol. The number of carbonyl (C=O) groups excluding carboxylic acids is 2. The fourth-order valence-electron chi connectivity index (χ4n) is 2.58. The summed E-state index contributed by atoms with van der Waals surface area (Å²) in [5.41, 5.74) is -0.356. The van der Waals surface area contributed by atoms with Crippen LogP contribution in [0.3, 0.4) is 0 Å². The Morgan fingerprint density at radius 1 is 1.08 bits per heavy atom. The van der Waals surface area contributed by atoms with Crippen molar-refractivity contribution in [3.8, 4) is 0 Å². The minimum Gasteiger partial charge on any atom is -0.372 e. The molecule has 0 spiro atoms. The molecule has 0 radical (unpaired) electrons. The van der Waals surface area contributed by atoms with E-state index in [4.69, 9.17) is 4.74 Å². The zero-order valence-electron chi connectivity index (χ0n) is 14.5. The third-order valence-electron chi connectivity index (χ3n) is 4.18. The maximum absolute atomic E-state index is 13.6. The number of carbonyl (C=O) groups is 2. The van der Waals surface area contributed by atoms with E-state index in [-0.39, 0.29) is 6.54 Å². The second-order valence-electron chi connectivity index (χ2n) is 5.68. The molecule has 2 amide bonds. The molecule has 0 bridgehead atoms. The standard InChI is InChI=1S/C19H20F2N2O3/c1-3-19(26-2,13-7-5-4-6-8-13)12-22-17(24)18(25)23-16-11-14(20)9-10-15(16)21/h4-11H,3,12H2,1-2H3,(H,22,24)(H,23,25). The lowest BCUT2D eigenvalue weighted by Crippen LogP contribution is -2.45. The molecule has 0 fully saturated rings. The summed E-state index contributed by atoms with van der Waals surface area (Å²) in [5.74, 6) is -3.63. The topological polar surface area (TPSA) is 67.4 Å². The Kier molecular flexibility index (Phi) is 6.41. The zero-order valence-corrected chi connectivity index (χ0v) is 14.5. The van der Waals surface area contributed by atoms with Gasteiger partial charge in [-0.05, 0) is 24.1 Å². The molecule has 0 aliphatic rings. The van der Waals surface area contributed by atoms with Crippen LogP contribution in [0.5, 0.6) is 0 Å². The Morgan fingerprint density at radius 2 is 1.77 bits per heavy atom. The molecule has 7 heteroatoms. The van der Waals surface area contributed by atoms with Crippen LogP contribution >= 0.6 is 0 Å². The first-order chi connectivity index (χ1) is 12.4. The summed E-state index contributed by atoms with van der Waals surface area (Å²) >= 11 is 0. The van der Waals surface area contributed by atoms with E-state index in [1.165, 1.54) is 7.11 Å². The summed E-state index contributed by atoms with van der Waals surface area (Å²) in [7, 11) is 1.52. The second kappa shape index (κ2) is 8.53. The molecule has 0 saturated heterocycles. The summed E-state index contributed by atoms with van der Waals surface area (Å²) in [6, 6.07) is 11.9. The maximum Gasteiger partial charge on any atom is 0.313 e. The van der Waals surface area contributed by atoms with Gasteiger partial charge in [0.25, 0.3) is 0 Å². The molecule has 26 heavy (non-hydrogen) atoms. The van der Waals surface area contributed by atoms with E-state index < -0.39 is 34.7 Å². The van der Waals surface area contributed by atoms with Crippen molar-refractivity contribution < 1.29 is 23.1 Å². The molecule has 2 N–H and O–H groups in total. The van der Waals surface area contributed by atoms with E-state index in [1.807, 2.05) is 37.3 Å². The first-order valence-electron chi connectivity index (χ1n) is 8.07. The van der Waals surface area contributed by atoms with Gasteiger partial charge in [-0.15, -0.1) is 0 Å². The van der Waals surface area contributed by atoms with Gasteiger partial charge in [0.2, 0.25) is 0 Å². The van der Waals surface area contributed by atoms with Crippen LogP contribution in [0.15, 0.2) is 48.5 Å². The van der Waals surface area contributed by atoms with Crippen molar-refractivity contribution in [2.45, 2.75) is 18.9 Å². The van der Waals surface area contributed by atoms with E-state index in [0.29, 0.717) is 6.42 Å². The van der Waals surface area contributed by atoms with Gasteiger partial charge in [0.1, 0.15) is 17.2 Å². The number of nitrogens with one attached hydrogen (secondary N) is 2. The van der Waals surface area contributed by atoms with Crippen LogP contribution in [0.4, 0.5) is 14.5 Å². The fourth-order valence-corrected chi connectivity index (χ4v) is 2.58. The summed E-state index contributed by atoms with van der Waals surface area (Å²) in [5, 5.41) is 4.54. The van der Waals surface area contributed by atoms with Gasteiger partial charge in [0.15, 0.2) is 0 Å². The van der Waals surface area contributed by atoms with Crippen molar-refractivity contribution in [1.29, 1.82) is 0 Å². The Bertz CT molecular complexity index is 778. The summed E-state index contributed by atoms with van der Waals surface area (Å²) in [6.07, 6.45) is 0.550. The van der Waals surface area contributed by atoms with Gasteiger partial charge in [-0.1, -0.05) is 37.3 Å². The smallest absolute Gasteiger partial charge is 0.313 e. The molecule has 138 valence electrons. The number of hydrogen-bond acceptors (Lipinski definition) is 3. The molecule has 0 heterocycles. The highest BCUT2D eigenvalue weighted by atomic mass is 19.1. The Hall–Kier alpha value is -2.80. The number of ether oxygens (including phenoxy) is 1. The molecule has 1 atom stereocenters. The molecule has 2 aromatic rings. The second-order valence-corrected chi connectivity index (χ2v) is 5.68. The Morgan fingerprint density at radius 3 is 2.38 bits per heavy atom. The number of benzene rings is 2. The fraction of sp³-hybridized carbons (Fsp3) is 0.263. The van der Waals surface area contributed by atoms with Crippen molar-refractivity contribution in [3.63, 3.8) is 0 Å². The number of methoxy groups -OCH3 is 1. The molecule has 5 nitrogen and oxygen atoms in total. The van der Waals surface area contributed by atoms with Crippen molar-refractivity contribution in [3.05, 3.63) is 65.7 Å². The number of halogens is 2. The van der Waals surface area contributed by atoms with Crippen LogP contribution in [0.2, 0.25) is 0 Å². The third-order valence-corrected chi connectivity index (χ3v) is 4.18. The van der Waals surface area contributed by atoms with Crippen LogP contribution in [-0.4, -0.2) is 25.5 Å². The van der Waals surface area contributed by atoms with Gasteiger partial charge in [0.05, 0.1) is 12.2 Å². The lowest BCUT2D eigenvalue weighted by atomic mass is 9.90. The minimum absolute atomic E-state index is 0.0436. The third kappa shape index (κ3) is 4.43. The molecule has 0 aliphatic heterocycles. The molecule has 1 unspecified atom stereocenters. The lowest BCUT2D eigenvalue weighted by Gasteiger charge is -2.32. The highest BCUT2D eigenvalue weighted by Gasteiger charge is 2.31. The molecule has 2 rings (SSSR count). The van der Waals surface area contributed by atoms with E-state index in [0.717, 1.165) is 23.8 Å². The highest BCUT2D eigenvalue weighted by Crippen LogP contribution is 2.28. The van der Waals surface area contributed by atoms with Gasteiger partial charge in [-0.3, -0.25) is 9.59 Å². The Balaban J connectivity index is 2.06. The van der Waals surface area contributed by atoms with Crippen molar-refractivity contribution in [2.24, 2.45) is 0 Å². The predicted octanol–water partition coefficient (Wildman–Crippen LogP) is 2.97. The van der Waals surface area contributed by atoms with Crippen LogP contribution in [0, 0.1) is 11.6 Å². The first kappa shape index (κ1) is 19.5. The summed E-state index contributed by atoms with van der Waals surface area (Å²) in [4.78, 5) is 24.0. The van der Waals surface area contributed by atoms with Crippen LogP contribution in [-0.2, 0) is 19.9 Å². The number of rotatable bonds is 6. The molecule has 0 saturated carbocycles. The number of anilines is 1. The Labute approximate surface area is 150 Å². The van der Waals surface area contributed by atoms with Crippen molar-refractivity contribution in [1.82, 2.24) is 5.32 Å². The number of amides is 2. The van der Waals surface area contributed by atoms with Crippen molar-refractivity contribution >= 4 is 17.5 Å². The van der Waals surface area contributed by atoms with Gasteiger partial charge in [-0.25, -0.2) is 8.78 Å². The van der Waals surface area contributed by atoms with Gasteiger partial charge < -0.3 is 15.4 Å². The van der Waals surface area contributed by atoms with Crippen LogP contribution < -0.4 is 10.6 Å². The largest absolute Gasteiger partial charge is 0.372 e. The zero-order chi connectivity index (χ0) is 19.2. The van der Waals surface area contributed by atoms with Gasteiger partial charge in [0, 0.05) is 13.2 Å². The normalized spacial score (nSPS) is 12.9. The molecule has 0 aliphatic carbocycles. The minimum atomic E-state index is -1.09. The van der Waals surface area contributed by atoms with E-state index in [1.54, 1.807) is 0 Å². The van der Waals surface area contributed by atoms with Crippen LogP contribution in [0.25, 0.3) is 0 Å². The monoisotopic (exact) mass is 362 g/mol. The van der Waals surface area contributed by atoms with Crippen LogP contribution in [0.1, 0.15) is 18.9 Å². The first-order valence-corrected chi connectivity index (χ1v) is 8.07. The summed E-state index contributed by atoms with van der Waals surface area (Å²) in [6.45, 7) is 1.94. The number of hydrogen-bond donors (Lipinski definition) is 2. The van der Waals surface area contributed by atoms with E-state index >= 15 is 0 Å². The SMILES string of the molecule is CCC(CNC(=O)C(=O)Nc1cc(F)ccc1F)(OC)c1ccccc1. The maximum atomic E-state index is 13.6. The average molecular weight is 362 g/mol. The molecular weight excluding hydrogens is 342 g/mol. The van der Waals surface area contributed by atoms with Gasteiger partial charge >= 0.3 is 11.8 Å². The van der Waals surface area contributed by atoms with E-state index in [2.05, 4.69) is 10.6 Å². The lowest BCUT2D eigenvalue weighted by molar-refractivity contribution is -0.137. The quantitative estimate of drug-likeness (QED) is 0.777. The van der Waals surface area contributed by atoms with E-state index in [9.17, 15) is 18.4 Å². The summed E-state index contributed by atoms with van der Waals surface area (Å²) < 4.78 is 32.3. The molecule has 2 aromatic carbocycles. The molecule has 0 aromatic heterocycles. The molecular formula is C19H20F2N2O3. The van der Waals surface area contributed by atoms with Crippen molar-refractivity contribution in [2.75, 3.05) is 19.0 Å².